The minimum atomic E-state index is -1.08. The molecule has 1 aromatic heterocycles. The Morgan fingerprint density at radius 1 is 1.37 bits per heavy atom. The predicted molar refractivity (Wildman–Crippen MR) is 66.2 cm³/mol. The molecule has 0 aliphatic rings. The minimum absolute atomic E-state index is 0.0304. The van der Waals surface area contributed by atoms with Crippen LogP contribution in [0.4, 0.5) is 0 Å². The second-order valence-corrected chi connectivity index (χ2v) is 3.82. The molecule has 0 radical (unpaired) electrons. The number of aryl methyl sites for hydroxylation is 1. The number of aliphatic hydroxyl groups excluding tert-OH is 1. The Hall–Kier alpha value is -2.47. The molecule has 0 bridgehead atoms. The zero-order valence-electron chi connectivity index (χ0n) is 10.2. The number of aromatic nitrogens is 2. The molecule has 2 N–H and O–H groups in total. The monoisotopic (exact) mass is 260 g/mol. The van der Waals surface area contributed by atoms with Crippen LogP contribution in [0.25, 0.3) is 0 Å². The maximum absolute atomic E-state index is 10.8. The number of ether oxygens (including phenoxy) is 1. The number of carboxylic acid groups (broad SMARTS) is 1. The van der Waals surface area contributed by atoms with Crippen molar-refractivity contribution in [3.8, 4) is 11.8 Å². The van der Waals surface area contributed by atoms with Crippen LogP contribution in [0.5, 0.6) is 11.8 Å². The van der Waals surface area contributed by atoms with Crippen molar-refractivity contribution in [1.29, 1.82) is 0 Å². The van der Waals surface area contributed by atoms with Crippen LogP contribution in [-0.4, -0.2) is 26.2 Å². The standard InChI is InChI=1S/C13H12N2O4/c1-8-10(12(17)18)6-14-13(15-8)19-11-5-3-2-4-9(11)7-16/h2-6,16H,7H2,1H3,(H,17,18). The van der Waals surface area contributed by atoms with E-state index in [1.807, 2.05) is 0 Å². The van der Waals surface area contributed by atoms with Crippen LogP contribution in [-0.2, 0) is 6.61 Å². The third kappa shape index (κ3) is 2.86. The van der Waals surface area contributed by atoms with Crippen LogP contribution in [0.15, 0.2) is 30.5 Å². The number of hydrogen-bond acceptors (Lipinski definition) is 5. The molecule has 0 spiro atoms. The molecule has 98 valence electrons. The summed E-state index contributed by atoms with van der Waals surface area (Å²) in [6.07, 6.45) is 1.20. The summed E-state index contributed by atoms with van der Waals surface area (Å²) in [5.74, 6) is -0.646. The summed E-state index contributed by atoms with van der Waals surface area (Å²) in [5, 5.41) is 18.0. The quantitative estimate of drug-likeness (QED) is 0.870. The maximum Gasteiger partial charge on any atom is 0.339 e. The van der Waals surface area contributed by atoms with Gasteiger partial charge in [0.25, 0.3) is 0 Å². The highest BCUT2D eigenvalue weighted by Crippen LogP contribution is 2.23. The van der Waals surface area contributed by atoms with Gasteiger partial charge < -0.3 is 14.9 Å². The summed E-state index contributed by atoms with van der Waals surface area (Å²) in [6.45, 7) is 1.40. The lowest BCUT2D eigenvalue weighted by molar-refractivity contribution is 0.0695. The number of nitrogens with zero attached hydrogens (tertiary/aromatic N) is 2. The molecule has 1 aromatic carbocycles. The number of rotatable bonds is 4. The maximum atomic E-state index is 10.8. The topological polar surface area (TPSA) is 92.5 Å². The number of aromatic carboxylic acids is 1. The SMILES string of the molecule is Cc1nc(Oc2ccccc2CO)ncc1C(=O)O. The van der Waals surface area contributed by atoms with Gasteiger partial charge in [0.1, 0.15) is 5.75 Å². The van der Waals surface area contributed by atoms with Crippen molar-refractivity contribution in [2.75, 3.05) is 0 Å². The van der Waals surface area contributed by atoms with E-state index in [4.69, 9.17) is 14.9 Å². The molecular weight excluding hydrogens is 248 g/mol. The van der Waals surface area contributed by atoms with E-state index in [9.17, 15) is 4.79 Å². The van der Waals surface area contributed by atoms with Crippen LogP contribution in [0.2, 0.25) is 0 Å². The molecule has 19 heavy (non-hydrogen) atoms. The lowest BCUT2D eigenvalue weighted by Gasteiger charge is -2.08. The summed E-state index contributed by atoms with van der Waals surface area (Å²) in [4.78, 5) is 18.6. The fraction of sp³-hybridized carbons (Fsp3) is 0.154. The molecule has 0 saturated heterocycles. The first-order valence-electron chi connectivity index (χ1n) is 5.55. The minimum Gasteiger partial charge on any atom is -0.478 e. The van der Waals surface area contributed by atoms with Crippen molar-refractivity contribution in [1.82, 2.24) is 9.97 Å². The third-order valence-electron chi connectivity index (χ3n) is 2.53. The Bertz CT molecular complexity index is 613. The Kier molecular flexibility index (Phi) is 3.72. The zero-order valence-corrected chi connectivity index (χ0v) is 10.2. The molecule has 0 amide bonds. The summed E-state index contributed by atoms with van der Waals surface area (Å²) >= 11 is 0. The van der Waals surface area contributed by atoms with Crippen LogP contribution in [0.3, 0.4) is 0 Å². The Balaban J connectivity index is 2.29. The van der Waals surface area contributed by atoms with Crippen molar-refractivity contribution in [2.45, 2.75) is 13.5 Å². The first kappa shape index (κ1) is 13.0. The molecule has 0 atom stereocenters. The van der Waals surface area contributed by atoms with E-state index < -0.39 is 5.97 Å². The highest BCUT2D eigenvalue weighted by molar-refractivity contribution is 5.88. The Labute approximate surface area is 109 Å². The highest BCUT2D eigenvalue weighted by Gasteiger charge is 2.12. The lowest BCUT2D eigenvalue weighted by Crippen LogP contribution is -2.04. The van der Waals surface area contributed by atoms with Crippen LogP contribution < -0.4 is 4.74 Å². The molecule has 0 aliphatic carbocycles. The second kappa shape index (κ2) is 5.45. The van der Waals surface area contributed by atoms with E-state index in [1.54, 1.807) is 31.2 Å². The first-order chi connectivity index (χ1) is 9.11. The predicted octanol–water partition coefficient (Wildman–Crippen LogP) is 1.77. The molecular formula is C13H12N2O4. The van der Waals surface area contributed by atoms with Crippen molar-refractivity contribution >= 4 is 5.97 Å². The number of hydrogen-bond donors (Lipinski definition) is 2. The van der Waals surface area contributed by atoms with Gasteiger partial charge in [-0.2, -0.15) is 4.98 Å². The number of aliphatic hydroxyl groups is 1. The normalized spacial score (nSPS) is 10.2. The van der Waals surface area contributed by atoms with E-state index in [0.717, 1.165) is 0 Å². The van der Waals surface area contributed by atoms with E-state index in [2.05, 4.69) is 9.97 Å². The average molecular weight is 260 g/mol. The van der Waals surface area contributed by atoms with E-state index >= 15 is 0 Å². The van der Waals surface area contributed by atoms with Crippen LogP contribution in [0, 0.1) is 6.92 Å². The van der Waals surface area contributed by atoms with Gasteiger partial charge in [0.2, 0.25) is 0 Å². The molecule has 0 unspecified atom stereocenters. The largest absolute Gasteiger partial charge is 0.478 e. The Morgan fingerprint density at radius 3 is 2.74 bits per heavy atom. The summed E-state index contributed by atoms with van der Waals surface area (Å²) in [6, 6.07) is 6.97. The van der Waals surface area contributed by atoms with Gasteiger partial charge >= 0.3 is 12.0 Å². The third-order valence-corrected chi connectivity index (χ3v) is 2.53. The van der Waals surface area contributed by atoms with Gasteiger partial charge in [-0.05, 0) is 13.0 Å². The van der Waals surface area contributed by atoms with Crippen molar-refractivity contribution < 1.29 is 19.7 Å². The average Bonchev–Trinajstić information content (AvgIpc) is 2.39. The van der Waals surface area contributed by atoms with Crippen LogP contribution >= 0.6 is 0 Å². The molecule has 2 rings (SSSR count). The molecule has 1 heterocycles. The molecule has 0 aliphatic heterocycles. The van der Waals surface area contributed by atoms with Gasteiger partial charge in [0.05, 0.1) is 17.9 Å². The molecule has 0 fully saturated rings. The van der Waals surface area contributed by atoms with Crippen molar-refractivity contribution in [2.24, 2.45) is 0 Å². The van der Waals surface area contributed by atoms with Gasteiger partial charge in [0, 0.05) is 11.8 Å². The van der Waals surface area contributed by atoms with Crippen molar-refractivity contribution in [3.05, 3.63) is 47.3 Å². The summed E-state index contributed by atoms with van der Waals surface area (Å²) < 4.78 is 5.44. The smallest absolute Gasteiger partial charge is 0.339 e. The number of carbonyl (C=O) groups is 1. The van der Waals surface area contributed by atoms with Gasteiger partial charge in [0.15, 0.2) is 0 Å². The highest BCUT2D eigenvalue weighted by atomic mass is 16.5. The van der Waals surface area contributed by atoms with E-state index in [0.29, 0.717) is 17.0 Å². The molecule has 6 heteroatoms. The number of carboxylic acids is 1. The number of benzene rings is 1. The molecule has 2 aromatic rings. The van der Waals surface area contributed by atoms with E-state index in [1.165, 1.54) is 6.20 Å². The zero-order chi connectivity index (χ0) is 13.8. The van der Waals surface area contributed by atoms with Gasteiger partial charge in [-0.25, -0.2) is 9.78 Å². The van der Waals surface area contributed by atoms with Gasteiger partial charge in [-0.3, -0.25) is 0 Å². The first-order valence-corrected chi connectivity index (χ1v) is 5.55. The van der Waals surface area contributed by atoms with Crippen LogP contribution in [0.1, 0.15) is 21.6 Å². The van der Waals surface area contributed by atoms with Crippen molar-refractivity contribution in [3.63, 3.8) is 0 Å². The molecule has 6 nitrogen and oxygen atoms in total. The Morgan fingerprint density at radius 2 is 2.11 bits per heavy atom. The van der Waals surface area contributed by atoms with Gasteiger partial charge in [-0.15, -0.1) is 0 Å². The van der Waals surface area contributed by atoms with Gasteiger partial charge in [-0.1, -0.05) is 18.2 Å². The fourth-order valence-electron chi connectivity index (χ4n) is 1.54. The fourth-order valence-corrected chi connectivity index (χ4v) is 1.54. The summed E-state index contributed by atoms with van der Waals surface area (Å²) in [7, 11) is 0. The lowest BCUT2D eigenvalue weighted by atomic mass is 10.2. The van der Waals surface area contributed by atoms with E-state index in [-0.39, 0.29) is 18.2 Å². The number of para-hydroxylation sites is 1. The molecule has 0 saturated carbocycles. The second-order valence-electron chi connectivity index (χ2n) is 3.82. The summed E-state index contributed by atoms with van der Waals surface area (Å²) in [5.41, 5.74) is 0.952.